The quantitative estimate of drug-likeness (QED) is 0.755. The maximum atomic E-state index is 11.9. The summed E-state index contributed by atoms with van der Waals surface area (Å²) in [5.41, 5.74) is 1.13. The molecule has 2 N–H and O–H groups in total. The zero-order valence-corrected chi connectivity index (χ0v) is 12.9. The van der Waals surface area contributed by atoms with Gasteiger partial charge in [0.25, 0.3) is 5.91 Å². The number of ether oxygens (including phenoxy) is 2. The largest absolute Gasteiger partial charge is 0.491 e. The van der Waals surface area contributed by atoms with Gasteiger partial charge in [-0.1, -0.05) is 13.3 Å². The first-order valence-corrected chi connectivity index (χ1v) is 7.54. The van der Waals surface area contributed by atoms with Crippen molar-refractivity contribution in [1.29, 1.82) is 0 Å². The van der Waals surface area contributed by atoms with E-state index in [4.69, 9.17) is 9.47 Å². The van der Waals surface area contributed by atoms with Crippen LogP contribution >= 0.6 is 0 Å². The van der Waals surface area contributed by atoms with Crippen molar-refractivity contribution in [3.05, 3.63) is 23.8 Å². The molecule has 1 heterocycles. The van der Waals surface area contributed by atoms with Crippen molar-refractivity contribution >= 4 is 5.91 Å². The summed E-state index contributed by atoms with van der Waals surface area (Å²) >= 11 is 0. The van der Waals surface area contributed by atoms with Gasteiger partial charge in [0.2, 0.25) is 0 Å². The van der Waals surface area contributed by atoms with Crippen molar-refractivity contribution in [1.82, 2.24) is 10.6 Å². The lowest BCUT2D eigenvalue weighted by Crippen LogP contribution is -2.36. The molecular formula is C16H24N2O3. The Balaban J connectivity index is 1.93. The van der Waals surface area contributed by atoms with E-state index < -0.39 is 6.10 Å². The van der Waals surface area contributed by atoms with Gasteiger partial charge in [-0.3, -0.25) is 4.79 Å². The molecule has 0 fully saturated rings. The molecule has 21 heavy (non-hydrogen) atoms. The van der Waals surface area contributed by atoms with Crippen LogP contribution in [0, 0.1) is 0 Å². The summed E-state index contributed by atoms with van der Waals surface area (Å²) in [4.78, 5) is 11.9. The summed E-state index contributed by atoms with van der Waals surface area (Å²) in [6.07, 6.45) is 1.53. The van der Waals surface area contributed by atoms with Gasteiger partial charge in [-0.25, -0.2) is 0 Å². The molecule has 5 nitrogen and oxygen atoms in total. The van der Waals surface area contributed by atoms with Crippen LogP contribution in [0.25, 0.3) is 0 Å². The minimum atomic E-state index is -0.513. The SMILES string of the molecule is CCCCNC(=O)C(C)Oc1ccc2c(c1)OCC2NC. The molecule has 1 aromatic carbocycles. The van der Waals surface area contributed by atoms with Gasteiger partial charge in [0, 0.05) is 18.2 Å². The first-order chi connectivity index (χ1) is 10.2. The molecule has 0 saturated heterocycles. The normalized spacial score (nSPS) is 17.8. The first-order valence-electron chi connectivity index (χ1n) is 7.54. The van der Waals surface area contributed by atoms with E-state index in [9.17, 15) is 4.79 Å². The lowest BCUT2D eigenvalue weighted by Gasteiger charge is -2.15. The van der Waals surface area contributed by atoms with E-state index in [0.717, 1.165) is 24.2 Å². The first kappa shape index (κ1) is 15.6. The van der Waals surface area contributed by atoms with Crippen molar-refractivity contribution < 1.29 is 14.3 Å². The van der Waals surface area contributed by atoms with Crippen molar-refractivity contribution in [3.8, 4) is 11.5 Å². The van der Waals surface area contributed by atoms with Gasteiger partial charge in [-0.2, -0.15) is 0 Å². The van der Waals surface area contributed by atoms with Crippen LogP contribution in [0.15, 0.2) is 18.2 Å². The molecule has 116 valence electrons. The number of rotatable bonds is 7. The average Bonchev–Trinajstić information content (AvgIpc) is 2.89. The third-order valence-electron chi connectivity index (χ3n) is 3.63. The molecule has 0 aliphatic carbocycles. The molecule has 2 unspecified atom stereocenters. The Morgan fingerprint density at radius 1 is 1.52 bits per heavy atom. The number of nitrogens with one attached hydrogen (secondary N) is 2. The van der Waals surface area contributed by atoms with Crippen LogP contribution in [-0.2, 0) is 4.79 Å². The number of hydrogen-bond acceptors (Lipinski definition) is 4. The van der Waals surface area contributed by atoms with E-state index in [-0.39, 0.29) is 11.9 Å². The van der Waals surface area contributed by atoms with Crippen LogP contribution in [0.5, 0.6) is 11.5 Å². The summed E-state index contributed by atoms with van der Waals surface area (Å²) in [6, 6.07) is 5.94. The molecule has 1 aliphatic heterocycles. The number of carbonyl (C=O) groups is 1. The molecule has 1 amide bonds. The van der Waals surface area contributed by atoms with E-state index in [1.54, 1.807) is 6.92 Å². The fraction of sp³-hybridized carbons (Fsp3) is 0.562. The highest BCUT2D eigenvalue weighted by molar-refractivity contribution is 5.80. The Morgan fingerprint density at radius 3 is 3.05 bits per heavy atom. The van der Waals surface area contributed by atoms with Crippen molar-refractivity contribution in [3.63, 3.8) is 0 Å². The molecule has 0 aromatic heterocycles. The molecule has 0 spiro atoms. The lowest BCUT2D eigenvalue weighted by atomic mass is 10.1. The van der Waals surface area contributed by atoms with Crippen molar-refractivity contribution in [2.75, 3.05) is 20.2 Å². The van der Waals surface area contributed by atoms with Crippen LogP contribution in [0.3, 0.4) is 0 Å². The highest BCUT2D eigenvalue weighted by Crippen LogP contribution is 2.35. The Hall–Kier alpha value is -1.75. The standard InChI is InChI=1S/C16H24N2O3/c1-4-5-8-18-16(19)11(2)21-12-6-7-13-14(17-3)10-20-15(13)9-12/h6-7,9,11,14,17H,4-5,8,10H2,1-3H3,(H,18,19). The molecule has 0 radical (unpaired) electrons. The summed E-state index contributed by atoms with van der Waals surface area (Å²) in [5.74, 6) is 1.40. The molecule has 2 atom stereocenters. The van der Waals surface area contributed by atoms with Crippen molar-refractivity contribution in [2.24, 2.45) is 0 Å². The lowest BCUT2D eigenvalue weighted by molar-refractivity contribution is -0.127. The van der Waals surface area contributed by atoms with E-state index in [1.807, 2.05) is 25.2 Å². The topological polar surface area (TPSA) is 59.6 Å². The second-order valence-electron chi connectivity index (χ2n) is 5.26. The van der Waals surface area contributed by atoms with E-state index in [2.05, 4.69) is 17.6 Å². The van der Waals surface area contributed by atoms with E-state index in [1.165, 1.54) is 0 Å². The number of fused-ring (bicyclic) bond motifs is 1. The summed E-state index contributed by atoms with van der Waals surface area (Å²) in [7, 11) is 1.91. The predicted octanol–water partition coefficient (Wildman–Crippen LogP) is 2.02. The predicted molar refractivity (Wildman–Crippen MR) is 81.7 cm³/mol. The van der Waals surface area contributed by atoms with Crippen LogP contribution < -0.4 is 20.1 Å². The number of carbonyl (C=O) groups excluding carboxylic acids is 1. The van der Waals surface area contributed by atoms with Crippen LogP contribution in [-0.4, -0.2) is 32.2 Å². The number of unbranched alkanes of at least 4 members (excludes halogenated alkanes) is 1. The number of amides is 1. The Morgan fingerprint density at radius 2 is 2.33 bits per heavy atom. The molecule has 1 aliphatic rings. The zero-order chi connectivity index (χ0) is 15.2. The fourth-order valence-corrected chi connectivity index (χ4v) is 2.29. The molecule has 2 rings (SSSR count). The van der Waals surface area contributed by atoms with Gasteiger partial charge in [0.15, 0.2) is 6.10 Å². The Labute approximate surface area is 126 Å². The fourth-order valence-electron chi connectivity index (χ4n) is 2.29. The second kappa shape index (κ2) is 7.31. The van der Waals surface area contributed by atoms with Gasteiger partial charge in [0.05, 0.1) is 6.04 Å². The number of hydrogen-bond donors (Lipinski definition) is 2. The molecular weight excluding hydrogens is 268 g/mol. The van der Waals surface area contributed by atoms with Gasteiger partial charge < -0.3 is 20.1 Å². The number of likely N-dealkylation sites (N-methyl/N-ethyl adjacent to an activating group) is 1. The molecule has 1 aromatic rings. The average molecular weight is 292 g/mol. The van der Waals surface area contributed by atoms with Gasteiger partial charge in [0.1, 0.15) is 18.1 Å². The van der Waals surface area contributed by atoms with Crippen LogP contribution in [0.1, 0.15) is 38.3 Å². The van der Waals surface area contributed by atoms with Gasteiger partial charge in [-0.05, 0) is 32.5 Å². The van der Waals surface area contributed by atoms with Crippen LogP contribution in [0.2, 0.25) is 0 Å². The molecule has 0 saturated carbocycles. The maximum absolute atomic E-state index is 11.9. The third-order valence-corrected chi connectivity index (χ3v) is 3.63. The molecule has 5 heteroatoms. The highest BCUT2D eigenvalue weighted by atomic mass is 16.5. The monoisotopic (exact) mass is 292 g/mol. The zero-order valence-electron chi connectivity index (χ0n) is 12.9. The van der Waals surface area contributed by atoms with E-state index >= 15 is 0 Å². The summed E-state index contributed by atoms with van der Waals surface area (Å²) in [5, 5.41) is 6.06. The summed E-state index contributed by atoms with van der Waals surface area (Å²) in [6.45, 7) is 5.17. The number of benzene rings is 1. The van der Waals surface area contributed by atoms with Gasteiger partial charge >= 0.3 is 0 Å². The minimum absolute atomic E-state index is 0.0852. The third kappa shape index (κ3) is 3.88. The highest BCUT2D eigenvalue weighted by Gasteiger charge is 2.23. The van der Waals surface area contributed by atoms with Gasteiger partial charge in [-0.15, -0.1) is 0 Å². The van der Waals surface area contributed by atoms with Crippen molar-refractivity contribution in [2.45, 2.75) is 38.8 Å². The molecule has 0 bridgehead atoms. The van der Waals surface area contributed by atoms with Crippen LogP contribution in [0.4, 0.5) is 0 Å². The Kier molecular flexibility index (Phi) is 5.44. The minimum Gasteiger partial charge on any atom is -0.491 e. The Bertz CT molecular complexity index is 490. The smallest absolute Gasteiger partial charge is 0.260 e. The second-order valence-corrected chi connectivity index (χ2v) is 5.26. The maximum Gasteiger partial charge on any atom is 0.260 e. The summed E-state index contributed by atoms with van der Waals surface area (Å²) < 4.78 is 11.3. The van der Waals surface area contributed by atoms with E-state index in [0.29, 0.717) is 18.9 Å².